The van der Waals surface area contributed by atoms with Crippen LogP contribution >= 0.6 is 11.6 Å². The number of nitrogens with zero attached hydrogens (tertiary/aromatic N) is 2. The molecule has 0 bridgehead atoms. The molecule has 0 aliphatic heterocycles. The minimum atomic E-state index is -0.506. The van der Waals surface area contributed by atoms with E-state index in [1.165, 1.54) is 19.8 Å². The van der Waals surface area contributed by atoms with Crippen LogP contribution in [-0.2, 0) is 4.79 Å². The Morgan fingerprint density at radius 3 is 2.77 bits per heavy atom. The summed E-state index contributed by atoms with van der Waals surface area (Å²) in [6, 6.07) is 10.7. The highest BCUT2D eigenvalue weighted by Crippen LogP contribution is 2.31. The van der Waals surface area contributed by atoms with Crippen molar-refractivity contribution in [2.45, 2.75) is 25.8 Å². The molecule has 1 aromatic heterocycles. The maximum atomic E-state index is 11.1. The maximum absolute atomic E-state index is 11.1. The average Bonchev–Trinajstić information content (AvgIpc) is 3.46. The highest BCUT2D eigenvalue weighted by Gasteiger charge is 2.22. The number of carbonyl (C=O) groups excluding carboxylic acids is 1. The molecule has 4 rings (SSSR count). The van der Waals surface area contributed by atoms with Gasteiger partial charge in [-0.05, 0) is 43.0 Å². The lowest BCUT2D eigenvalue weighted by atomic mass is 10.2. The van der Waals surface area contributed by atoms with Crippen molar-refractivity contribution in [3.8, 4) is 29.5 Å². The van der Waals surface area contributed by atoms with Crippen molar-refractivity contribution in [1.29, 1.82) is 0 Å². The van der Waals surface area contributed by atoms with Gasteiger partial charge < -0.3 is 14.8 Å². The number of fused-ring (bicyclic) bond motifs is 1. The van der Waals surface area contributed by atoms with Gasteiger partial charge in [0.2, 0.25) is 5.91 Å². The molecule has 1 aliphatic carbocycles. The van der Waals surface area contributed by atoms with E-state index in [4.69, 9.17) is 27.5 Å². The zero-order valence-corrected chi connectivity index (χ0v) is 17.4. The second-order valence-corrected chi connectivity index (χ2v) is 7.80. The number of ether oxygens (including phenoxy) is 2. The first-order valence-electron chi connectivity index (χ1n) is 9.80. The van der Waals surface area contributed by atoms with Gasteiger partial charge in [0, 0.05) is 30.6 Å². The molecular formula is C23H22ClN3O3. The maximum Gasteiger partial charge on any atom is 0.217 e. The molecule has 0 radical (unpaired) electrons. The van der Waals surface area contributed by atoms with E-state index in [-0.39, 0.29) is 12.5 Å². The van der Waals surface area contributed by atoms with Crippen molar-refractivity contribution in [3.63, 3.8) is 0 Å². The molecule has 6 nitrogen and oxygen atoms in total. The first-order chi connectivity index (χ1) is 14.5. The molecule has 154 valence electrons. The summed E-state index contributed by atoms with van der Waals surface area (Å²) in [5.74, 6) is 4.36. The Balaban J connectivity index is 1.47. The summed E-state index contributed by atoms with van der Waals surface area (Å²) in [5.41, 5.74) is 1.57. The number of hydrogen-bond acceptors (Lipinski definition) is 4. The molecule has 1 atom stereocenters. The van der Waals surface area contributed by atoms with Crippen LogP contribution in [-0.4, -0.2) is 34.9 Å². The van der Waals surface area contributed by atoms with E-state index in [0.29, 0.717) is 16.7 Å². The fourth-order valence-electron chi connectivity index (χ4n) is 3.03. The third kappa shape index (κ3) is 4.87. The number of rotatable bonds is 8. The Morgan fingerprint density at radius 2 is 2.07 bits per heavy atom. The van der Waals surface area contributed by atoms with Crippen LogP contribution in [0.3, 0.4) is 0 Å². The van der Waals surface area contributed by atoms with Crippen LogP contribution in [0.2, 0.25) is 5.02 Å². The van der Waals surface area contributed by atoms with Crippen molar-refractivity contribution in [2.24, 2.45) is 5.92 Å². The number of halogens is 1. The number of benzene rings is 2. The predicted octanol–water partition coefficient (Wildman–Crippen LogP) is 3.98. The van der Waals surface area contributed by atoms with Gasteiger partial charge in [-0.25, -0.2) is 4.68 Å². The van der Waals surface area contributed by atoms with E-state index in [1.807, 2.05) is 30.5 Å². The standard InChI is InChI=1S/C23H22ClN3O3/c1-3-18(25-15(2)28)14-30-19-8-9-23(21(24)10-19)27-12-17-6-7-20(11-22(17)26-27)29-13-16-4-5-16/h1,6-12,16,18H,4-5,13-14H2,2H3,(H,25,28)/t18-/m0/s1. The van der Waals surface area contributed by atoms with Crippen molar-refractivity contribution < 1.29 is 14.3 Å². The number of carbonyl (C=O) groups is 1. The van der Waals surface area contributed by atoms with Crippen molar-refractivity contribution in [3.05, 3.63) is 47.6 Å². The second kappa shape index (κ2) is 8.68. The Labute approximate surface area is 180 Å². The van der Waals surface area contributed by atoms with Gasteiger partial charge in [0.15, 0.2) is 0 Å². The van der Waals surface area contributed by atoms with Crippen LogP contribution in [0.25, 0.3) is 16.6 Å². The minimum absolute atomic E-state index is 0.154. The van der Waals surface area contributed by atoms with Gasteiger partial charge >= 0.3 is 0 Å². The first-order valence-corrected chi connectivity index (χ1v) is 10.2. The minimum Gasteiger partial charge on any atom is -0.493 e. The van der Waals surface area contributed by atoms with E-state index >= 15 is 0 Å². The van der Waals surface area contributed by atoms with Crippen LogP contribution in [0.1, 0.15) is 19.8 Å². The Kier molecular flexibility index (Phi) is 5.82. The van der Waals surface area contributed by atoms with Gasteiger partial charge in [0.1, 0.15) is 24.1 Å². The smallest absolute Gasteiger partial charge is 0.217 e. The molecule has 2 aromatic carbocycles. The summed E-state index contributed by atoms with van der Waals surface area (Å²) >= 11 is 6.47. The summed E-state index contributed by atoms with van der Waals surface area (Å²) in [7, 11) is 0. The van der Waals surface area contributed by atoms with Gasteiger partial charge in [-0.1, -0.05) is 17.5 Å². The third-order valence-corrected chi connectivity index (χ3v) is 5.13. The van der Waals surface area contributed by atoms with Gasteiger partial charge in [-0.2, -0.15) is 5.10 Å². The number of terminal acetylenes is 1. The van der Waals surface area contributed by atoms with Gasteiger partial charge in [0.05, 0.1) is 22.8 Å². The van der Waals surface area contributed by atoms with E-state index < -0.39 is 6.04 Å². The molecule has 0 saturated heterocycles. The van der Waals surface area contributed by atoms with Crippen molar-refractivity contribution in [1.82, 2.24) is 15.1 Å². The van der Waals surface area contributed by atoms with Crippen molar-refractivity contribution in [2.75, 3.05) is 13.2 Å². The van der Waals surface area contributed by atoms with E-state index in [2.05, 4.69) is 16.3 Å². The lowest BCUT2D eigenvalue weighted by molar-refractivity contribution is -0.119. The second-order valence-electron chi connectivity index (χ2n) is 7.39. The van der Waals surface area contributed by atoms with Gasteiger partial charge in [-0.3, -0.25) is 4.79 Å². The number of hydrogen-bond donors (Lipinski definition) is 1. The fourth-order valence-corrected chi connectivity index (χ4v) is 3.28. The molecule has 1 saturated carbocycles. The monoisotopic (exact) mass is 423 g/mol. The Bertz CT molecular complexity index is 1110. The summed E-state index contributed by atoms with van der Waals surface area (Å²) in [6.07, 6.45) is 9.84. The van der Waals surface area contributed by atoms with Crippen LogP contribution in [0.5, 0.6) is 11.5 Å². The summed E-state index contributed by atoms with van der Waals surface area (Å²) in [4.78, 5) is 11.1. The largest absolute Gasteiger partial charge is 0.493 e. The quantitative estimate of drug-likeness (QED) is 0.556. The third-order valence-electron chi connectivity index (χ3n) is 4.82. The molecule has 1 aliphatic rings. The van der Waals surface area contributed by atoms with Crippen LogP contribution in [0.4, 0.5) is 0 Å². The summed E-state index contributed by atoms with van der Waals surface area (Å²) in [6.45, 7) is 2.33. The highest BCUT2D eigenvalue weighted by molar-refractivity contribution is 6.32. The van der Waals surface area contributed by atoms with E-state index in [1.54, 1.807) is 16.8 Å². The fraction of sp³-hybridized carbons (Fsp3) is 0.304. The zero-order chi connectivity index (χ0) is 21.1. The van der Waals surface area contributed by atoms with Gasteiger partial charge in [0.25, 0.3) is 0 Å². The average molecular weight is 424 g/mol. The van der Waals surface area contributed by atoms with Gasteiger partial charge in [-0.15, -0.1) is 6.42 Å². The lowest BCUT2D eigenvalue weighted by Gasteiger charge is -2.14. The molecule has 30 heavy (non-hydrogen) atoms. The van der Waals surface area contributed by atoms with Crippen LogP contribution < -0.4 is 14.8 Å². The first kappa shape index (κ1) is 20.1. The Hall–Kier alpha value is -3.17. The lowest BCUT2D eigenvalue weighted by Crippen LogP contribution is -2.36. The molecular weight excluding hydrogens is 402 g/mol. The van der Waals surface area contributed by atoms with E-state index in [0.717, 1.165) is 28.9 Å². The Morgan fingerprint density at radius 1 is 1.30 bits per heavy atom. The number of amides is 1. The molecule has 1 amide bonds. The van der Waals surface area contributed by atoms with Crippen LogP contribution in [0, 0.1) is 18.3 Å². The molecule has 7 heteroatoms. The number of nitrogens with one attached hydrogen (secondary N) is 1. The van der Waals surface area contributed by atoms with Crippen LogP contribution in [0.15, 0.2) is 42.6 Å². The molecule has 1 N–H and O–H groups in total. The predicted molar refractivity (Wildman–Crippen MR) is 116 cm³/mol. The van der Waals surface area contributed by atoms with E-state index in [9.17, 15) is 4.79 Å². The van der Waals surface area contributed by atoms with Crippen molar-refractivity contribution >= 4 is 28.4 Å². The molecule has 1 heterocycles. The molecule has 3 aromatic rings. The molecule has 0 spiro atoms. The molecule has 0 unspecified atom stereocenters. The SMILES string of the molecule is C#C[C@@H](COc1ccc(-n2cc3ccc(OCC4CC4)cc3n2)c(Cl)c1)NC(C)=O. The molecule has 1 fully saturated rings. The topological polar surface area (TPSA) is 65.4 Å². The highest BCUT2D eigenvalue weighted by atomic mass is 35.5. The zero-order valence-electron chi connectivity index (χ0n) is 16.6. The number of aromatic nitrogens is 2. The summed E-state index contributed by atoms with van der Waals surface area (Å²) in [5, 5.41) is 8.75. The summed E-state index contributed by atoms with van der Waals surface area (Å²) < 4.78 is 13.2. The normalized spacial score (nSPS) is 14.2.